The maximum absolute atomic E-state index is 5.23. The first-order valence-corrected chi connectivity index (χ1v) is 6.83. The number of methoxy groups -OCH3 is 1. The number of aromatic amines is 1. The summed E-state index contributed by atoms with van der Waals surface area (Å²) in [6, 6.07) is 15.0. The van der Waals surface area contributed by atoms with E-state index in [4.69, 9.17) is 4.74 Å². The predicted molar refractivity (Wildman–Crippen MR) is 80.0 cm³/mol. The zero-order valence-corrected chi connectivity index (χ0v) is 11.3. The quantitative estimate of drug-likeness (QED) is 0.744. The minimum Gasteiger partial charge on any atom is -0.497 e. The van der Waals surface area contributed by atoms with Crippen LogP contribution in [-0.4, -0.2) is 12.1 Å². The van der Waals surface area contributed by atoms with E-state index in [1.807, 2.05) is 12.1 Å². The smallest absolute Gasteiger partial charge is 0.118 e. The average molecular weight is 264 g/mol. The van der Waals surface area contributed by atoms with Crippen molar-refractivity contribution in [2.45, 2.75) is 12.6 Å². The van der Waals surface area contributed by atoms with Crippen molar-refractivity contribution in [2.24, 2.45) is 0 Å². The van der Waals surface area contributed by atoms with Crippen LogP contribution in [0.25, 0.3) is 10.9 Å². The summed E-state index contributed by atoms with van der Waals surface area (Å²) in [4.78, 5) is 3.38. The van der Waals surface area contributed by atoms with E-state index in [-0.39, 0.29) is 6.04 Å². The number of hydrogen-bond donors (Lipinski definition) is 2. The second-order valence-electron chi connectivity index (χ2n) is 5.17. The van der Waals surface area contributed by atoms with Gasteiger partial charge in [0.15, 0.2) is 0 Å². The molecule has 4 rings (SSSR count). The molecule has 1 aromatic heterocycles. The largest absolute Gasteiger partial charge is 0.497 e. The molecule has 2 heterocycles. The van der Waals surface area contributed by atoms with Gasteiger partial charge in [-0.25, -0.2) is 0 Å². The van der Waals surface area contributed by atoms with Crippen LogP contribution in [0.4, 0.5) is 0 Å². The summed E-state index contributed by atoms with van der Waals surface area (Å²) in [5, 5.41) is 4.98. The van der Waals surface area contributed by atoms with Gasteiger partial charge in [0.25, 0.3) is 0 Å². The topological polar surface area (TPSA) is 37.0 Å². The summed E-state index contributed by atoms with van der Waals surface area (Å²) in [7, 11) is 1.69. The van der Waals surface area contributed by atoms with Gasteiger partial charge in [-0.1, -0.05) is 24.3 Å². The molecule has 0 fully saturated rings. The Morgan fingerprint density at radius 1 is 1.10 bits per heavy atom. The van der Waals surface area contributed by atoms with E-state index in [9.17, 15) is 0 Å². The van der Waals surface area contributed by atoms with Gasteiger partial charge in [-0.2, -0.15) is 0 Å². The molecule has 0 bridgehead atoms. The van der Waals surface area contributed by atoms with Crippen LogP contribution in [0, 0.1) is 0 Å². The van der Waals surface area contributed by atoms with E-state index in [0.717, 1.165) is 12.3 Å². The van der Waals surface area contributed by atoms with Crippen molar-refractivity contribution in [1.82, 2.24) is 10.3 Å². The molecule has 0 saturated carbocycles. The normalized spacial score (nSPS) is 17.4. The zero-order chi connectivity index (χ0) is 13.5. The molecule has 0 amide bonds. The molecule has 20 heavy (non-hydrogen) atoms. The molecule has 0 spiro atoms. The number of H-pyrrole nitrogens is 1. The lowest BCUT2D eigenvalue weighted by molar-refractivity contribution is 0.414. The monoisotopic (exact) mass is 264 g/mol. The van der Waals surface area contributed by atoms with Crippen molar-refractivity contribution in [3.63, 3.8) is 0 Å². The van der Waals surface area contributed by atoms with Crippen molar-refractivity contribution in [3.05, 3.63) is 65.4 Å². The number of aromatic nitrogens is 1. The first-order chi connectivity index (χ1) is 9.86. The van der Waals surface area contributed by atoms with Gasteiger partial charge in [-0.3, -0.25) is 0 Å². The highest BCUT2D eigenvalue weighted by atomic mass is 16.5. The third kappa shape index (κ3) is 1.63. The molecule has 3 nitrogen and oxygen atoms in total. The molecule has 3 heteroatoms. The van der Waals surface area contributed by atoms with E-state index < -0.39 is 0 Å². The Morgan fingerprint density at radius 3 is 2.75 bits per heavy atom. The Bertz CT molecular complexity index is 758. The second-order valence-corrected chi connectivity index (χ2v) is 5.17. The van der Waals surface area contributed by atoms with E-state index in [1.54, 1.807) is 7.11 Å². The summed E-state index contributed by atoms with van der Waals surface area (Å²) in [6.07, 6.45) is 2.12. The molecular formula is C17H16N2O. The summed E-state index contributed by atoms with van der Waals surface area (Å²) in [5.41, 5.74) is 5.18. The molecular weight excluding hydrogens is 248 g/mol. The lowest BCUT2D eigenvalue weighted by Gasteiger charge is -2.24. The van der Waals surface area contributed by atoms with Crippen molar-refractivity contribution in [2.75, 3.05) is 7.11 Å². The van der Waals surface area contributed by atoms with Crippen LogP contribution in [-0.2, 0) is 6.54 Å². The molecule has 3 aromatic rings. The van der Waals surface area contributed by atoms with Gasteiger partial charge in [0.05, 0.1) is 13.2 Å². The Balaban J connectivity index is 1.83. The van der Waals surface area contributed by atoms with Gasteiger partial charge in [0.1, 0.15) is 5.75 Å². The first kappa shape index (κ1) is 11.6. The number of nitrogens with one attached hydrogen (secondary N) is 2. The van der Waals surface area contributed by atoms with Gasteiger partial charge >= 0.3 is 0 Å². The molecule has 1 unspecified atom stereocenters. The standard InChI is InChI=1S/C17H16N2O/c1-20-13-7-5-11(6-8-13)17-14-10-18-15-4-2-3-12(9-19-17)16(14)15/h2-8,10,17-19H,9H2,1H3. The molecule has 0 radical (unpaired) electrons. The van der Waals surface area contributed by atoms with Gasteiger partial charge in [-0.15, -0.1) is 0 Å². The molecule has 0 saturated heterocycles. The maximum Gasteiger partial charge on any atom is 0.118 e. The maximum atomic E-state index is 5.23. The minimum absolute atomic E-state index is 0.240. The third-order valence-electron chi connectivity index (χ3n) is 4.08. The molecule has 2 aromatic carbocycles. The molecule has 2 N–H and O–H groups in total. The van der Waals surface area contributed by atoms with Crippen molar-refractivity contribution in [3.8, 4) is 5.75 Å². The molecule has 100 valence electrons. The summed E-state index contributed by atoms with van der Waals surface area (Å²) in [5.74, 6) is 0.893. The summed E-state index contributed by atoms with van der Waals surface area (Å²) >= 11 is 0. The van der Waals surface area contributed by atoms with E-state index >= 15 is 0 Å². The van der Waals surface area contributed by atoms with Crippen molar-refractivity contribution >= 4 is 10.9 Å². The van der Waals surface area contributed by atoms with Gasteiger partial charge < -0.3 is 15.0 Å². The molecule has 0 aliphatic carbocycles. The van der Waals surface area contributed by atoms with Gasteiger partial charge in [-0.05, 0) is 34.9 Å². The lowest BCUT2D eigenvalue weighted by atomic mass is 9.92. The third-order valence-corrected chi connectivity index (χ3v) is 4.08. The van der Waals surface area contributed by atoms with Crippen LogP contribution in [0.2, 0.25) is 0 Å². The van der Waals surface area contributed by atoms with Crippen LogP contribution in [0.15, 0.2) is 48.7 Å². The fourth-order valence-electron chi connectivity index (χ4n) is 3.08. The summed E-state index contributed by atoms with van der Waals surface area (Å²) < 4.78 is 5.23. The van der Waals surface area contributed by atoms with Crippen LogP contribution >= 0.6 is 0 Å². The summed E-state index contributed by atoms with van der Waals surface area (Å²) in [6.45, 7) is 0.902. The van der Waals surface area contributed by atoms with Gasteiger partial charge in [0, 0.05) is 23.6 Å². The van der Waals surface area contributed by atoms with Crippen LogP contribution in [0.1, 0.15) is 22.7 Å². The van der Waals surface area contributed by atoms with Crippen molar-refractivity contribution in [1.29, 1.82) is 0 Å². The molecule has 1 aliphatic rings. The van der Waals surface area contributed by atoms with E-state index in [1.165, 1.54) is 27.6 Å². The Kier molecular flexibility index (Phi) is 2.54. The second kappa shape index (κ2) is 4.39. The highest BCUT2D eigenvalue weighted by molar-refractivity contribution is 5.88. The number of benzene rings is 2. The number of ether oxygens (including phenoxy) is 1. The molecule has 1 atom stereocenters. The fourth-order valence-corrected chi connectivity index (χ4v) is 3.08. The van der Waals surface area contributed by atoms with Crippen LogP contribution < -0.4 is 10.1 Å². The van der Waals surface area contributed by atoms with Crippen LogP contribution in [0.3, 0.4) is 0 Å². The Labute approximate surface area is 117 Å². The molecule has 1 aliphatic heterocycles. The Morgan fingerprint density at radius 2 is 1.95 bits per heavy atom. The number of hydrogen-bond acceptors (Lipinski definition) is 2. The minimum atomic E-state index is 0.240. The fraction of sp³-hybridized carbons (Fsp3) is 0.176. The predicted octanol–water partition coefficient (Wildman–Crippen LogP) is 3.37. The van der Waals surface area contributed by atoms with Crippen molar-refractivity contribution < 1.29 is 4.74 Å². The zero-order valence-electron chi connectivity index (χ0n) is 11.3. The highest BCUT2D eigenvalue weighted by Crippen LogP contribution is 2.35. The first-order valence-electron chi connectivity index (χ1n) is 6.83. The van der Waals surface area contributed by atoms with E-state index in [2.05, 4.69) is 46.8 Å². The lowest BCUT2D eigenvalue weighted by Crippen LogP contribution is -2.25. The highest BCUT2D eigenvalue weighted by Gasteiger charge is 2.23. The van der Waals surface area contributed by atoms with Gasteiger partial charge in [0.2, 0.25) is 0 Å². The Hall–Kier alpha value is -2.26. The van der Waals surface area contributed by atoms with Crippen LogP contribution in [0.5, 0.6) is 5.75 Å². The van der Waals surface area contributed by atoms with E-state index in [0.29, 0.717) is 0 Å². The number of rotatable bonds is 2. The average Bonchev–Trinajstić information content (AvgIpc) is 2.94. The SMILES string of the molecule is COc1ccc(C2NCc3cccc4[nH]cc2c34)cc1.